The first kappa shape index (κ1) is 15.5. The molecule has 4 nitrogen and oxygen atoms in total. The second-order valence-corrected chi connectivity index (χ2v) is 6.53. The van der Waals surface area contributed by atoms with Crippen LogP contribution in [0.3, 0.4) is 0 Å². The molecule has 0 aromatic heterocycles. The number of nitro groups is 1. The van der Waals surface area contributed by atoms with Gasteiger partial charge in [-0.15, -0.1) is 0 Å². The van der Waals surface area contributed by atoms with Crippen LogP contribution >= 0.6 is 22.6 Å². The highest BCUT2D eigenvalue weighted by molar-refractivity contribution is 14.1. The zero-order valence-electron chi connectivity index (χ0n) is 11.4. The monoisotopic (exact) mass is 392 g/mol. The van der Waals surface area contributed by atoms with Crippen molar-refractivity contribution in [2.75, 3.05) is 5.32 Å². The summed E-state index contributed by atoms with van der Waals surface area (Å²) in [5, 5.41) is 14.2. The summed E-state index contributed by atoms with van der Waals surface area (Å²) in [6, 6.07) is 2.64. The van der Waals surface area contributed by atoms with Gasteiger partial charge in [-0.05, 0) is 48.3 Å². The van der Waals surface area contributed by atoms with E-state index in [-0.39, 0.29) is 21.0 Å². The van der Waals surface area contributed by atoms with Gasteiger partial charge in [0.05, 0.1) is 8.49 Å². The van der Waals surface area contributed by atoms with Crippen LogP contribution < -0.4 is 5.32 Å². The van der Waals surface area contributed by atoms with Gasteiger partial charge in [-0.2, -0.15) is 0 Å². The average molecular weight is 392 g/mol. The van der Waals surface area contributed by atoms with Crippen molar-refractivity contribution in [1.82, 2.24) is 0 Å². The number of hydrogen-bond acceptors (Lipinski definition) is 3. The lowest BCUT2D eigenvalue weighted by molar-refractivity contribution is -0.384. The maximum atomic E-state index is 13.6. The van der Waals surface area contributed by atoms with Crippen molar-refractivity contribution in [2.24, 2.45) is 5.92 Å². The van der Waals surface area contributed by atoms with Gasteiger partial charge in [-0.3, -0.25) is 10.1 Å². The van der Waals surface area contributed by atoms with Crippen LogP contribution in [0.5, 0.6) is 0 Å². The van der Waals surface area contributed by atoms with E-state index >= 15 is 0 Å². The minimum Gasteiger partial charge on any atom is -0.377 e. The van der Waals surface area contributed by atoms with E-state index < -0.39 is 10.7 Å². The zero-order chi connectivity index (χ0) is 14.7. The van der Waals surface area contributed by atoms with E-state index in [0.29, 0.717) is 5.92 Å². The number of nitrogens with zero attached hydrogens (tertiary/aromatic N) is 1. The van der Waals surface area contributed by atoms with Crippen molar-refractivity contribution in [2.45, 2.75) is 45.1 Å². The third kappa shape index (κ3) is 3.59. The Bertz CT molecular complexity index is 504. The fraction of sp³-hybridized carbons (Fsp3) is 0.571. The predicted octanol–water partition coefficient (Wildman–Crippen LogP) is 4.72. The molecule has 0 radical (unpaired) electrons. The molecule has 1 aromatic rings. The Balaban J connectivity index is 2.19. The van der Waals surface area contributed by atoms with Crippen LogP contribution in [0.4, 0.5) is 15.8 Å². The predicted molar refractivity (Wildman–Crippen MR) is 85.4 cm³/mol. The maximum absolute atomic E-state index is 13.6. The molecular weight excluding hydrogens is 374 g/mol. The van der Waals surface area contributed by atoms with Crippen LogP contribution in [-0.4, -0.2) is 11.0 Å². The number of hydrogen-bond donors (Lipinski definition) is 1. The molecule has 6 heteroatoms. The fourth-order valence-corrected chi connectivity index (χ4v) is 3.25. The summed E-state index contributed by atoms with van der Waals surface area (Å²) < 4.78 is 13.9. The summed E-state index contributed by atoms with van der Waals surface area (Å²) >= 11 is 1.77. The Hall–Kier alpha value is -0.920. The summed E-state index contributed by atoms with van der Waals surface area (Å²) in [4.78, 5) is 10.6. The molecule has 0 heterocycles. The Morgan fingerprint density at radius 1 is 1.40 bits per heavy atom. The first-order chi connectivity index (χ1) is 9.49. The number of anilines is 1. The van der Waals surface area contributed by atoms with Crippen molar-refractivity contribution in [3.05, 3.63) is 31.6 Å². The first-order valence-corrected chi connectivity index (χ1v) is 7.97. The van der Waals surface area contributed by atoms with Gasteiger partial charge in [-0.25, -0.2) is 4.39 Å². The van der Waals surface area contributed by atoms with E-state index in [0.717, 1.165) is 12.8 Å². The molecule has 0 bridgehead atoms. The molecule has 1 aliphatic carbocycles. The molecule has 0 amide bonds. The van der Waals surface area contributed by atoms with Gasteiger partial charge in [0.15, 0.2) is 0 Å². The summed E-state index contributed by atoms with van der Waals surface area (Å²) in [7, 11) is 0. The number of nitrogens with one attached hydrogen (secondary N) is 1. The Kier molecular flexibility index (Phi) is 5.17. The molecular formula is C14H18FIN2O2. The highest BCUT2D eigenvalue weighted by Crippen LogP contribution is 2.32. The normalized spacial score (nSPS) is 17.8. The third-order valence-electron chi connectivity index (χ3n) is 3.98. The van der Waals surface area contributed by atoms with Gasteiger partial charge in [0.2, 0.25) is 0 Å². The fourth-order valence-electron chi connectivity index (χ4n) is 2.80. The number of rotatable bonds is 4. The minimum absolute atomic E-state index is 0.0570. The van der Waals surface area contributed by atoms with E-state index in [1.54, 1.807) is 22.6 Å². The van der Waals surface area contributed by atoms with Gasteiger partial charge >= 0.3 is 0 Å². The molecule has 110 valence electrons. The summed E-state index contributed by atoms with van der Waals surface area (Å²) in [6.45, 7) is 2.02. The molecule has 20 heavy (non-hydrogen) atoms. The van der Waals surface area contributed by atoms with Crippen LogP contribution in [0.2, 0.25) is 0 Å². The van der Waals surface area contributed by atoms with Gasteiger partial charge in [0.1, 0.15) is 11.5 Å². The van der Waals surface area contributed by atoms with Gasteiger partial charge in [0.25, 0.3) is 5.69 Å². The second-order valence-electron chi connectivity index (χ2n) is 5.37. The average Bonchev–Trinajstić information content (AvgIpc) is 2.43. The second kappa shape index (κ2) is 6.69. The highest BCUT2D eigenvalue weighted by Gasteiger charge is 2.24. The molecule has 1 fully saturated rings. The summed E-state index contributed by atoms with van der Waals surface area (Å²) in [6.07, 6.45) is 5.95. The standard InChI is InChI=1S/C14H18FIN2O2/c1-9(10-5-3-2-4-6-10)17-13-7-11(15)12(16)8-14(13)18(19)20/h7-10,17H,2-6H2,1H3. The van der Waals surface area contributed by atoms with Crippen molar-refractivity contribution in [3.63, 3.8) is 0 Å². The molecule has 0 spiro atoms. The van der Waals surface area contributed by atoms with E-state index in [9.17, 15) is 14.5 Å². The lowest BCUT2D eigenvalue weighted by Gasteiger charge is -2.28. The molecule has 1 N–H and O–H groups in total. The lowest BCUT2D eigenvalue weighted by atomic mass is 9.84. The molecule has 1 aromatic carbocycles. The quantitative estimate of drug-likeness (QED) is 0.458. The third-order valence-corrected chi connectivity index (χ3v) is 4.80. The smallest absolute Gasteiger partial charge is 0.293 e. The van der Waals surface area contributed by atoms with E-state index in [2.05, 4.69) is 5.32 Å². The van der Waals surface area contributed by atoms with Gasteiger partial charge in [0, 0.05) is 18.2 Å². The summed E-state index contributed by atoms with van der Waals surface area (Å²) in [5.74, 6) is 0.0836. The van der Waals surface area contributed by atoms with Crippen LogP contribution in [0, 0.1) is 25.4 Å². The van der Waals surface area contributed by atoms with E-state index in [4.69, 9.17) is 0 Å². The van der Waals surface area contributed by atoms with Crippen LogP contribution in [0.1, 0.15) is 39.0 Å². The van der Waals surface area contributed by atoms with Gasteiger partial charge in [-0.1, -0.05) is 19.3 Å². The molecule has 1 aliphatic rings. The van der Waals surface area contributed by atoms with Crippen molar-refractivity contribution in [3.8, 4) is 0 Å². The number of halogens is 2. The van der Waals surface area contributed by atoms with Crippen molar-refractivity contribution in [1.29, 1.82) is 0 Å². The molecule has 1 saturated carbocycles. The van der Waals surface area contributed by atoms with E-state index in [1.807, 2.05) is 6.92 Å². The Labute approximate surface area is 131 Å². The lowest BCUT2D eigenvalue weighted by Crippen LogP contribution is -2.28. The molecule has 0 saturated heterocycles. The highest BCUT2D eigenvalue weighted by atomic mass is 127. The Morgan fingerprint density at radius 2 is 2.05 bits per heavy atom. The molecule has 1 atom stereocenters. The van der Waals surface area contributed by atoms with Crippen molar-refractivity contribution < 1.29 is 9.31 Å². The van der Waals surface area contributed by atoms with Gasteiger partial charge < -0.3 is 5.32 Å². The van der Waals surface area contributed by atoms with E-state index in [1.165, 1.54) is 31.4 Å². The van der Waals surface area contributed by atoms with Crippen molar-refractivity contribution >= 4 is 34.0 Å². The topological polar surface area (TPSA) is 55.2 Å². The zero-order valence-corrected chi connectivity index (χ0v) is 13.5. The Morgan fingerprint density at radius 3 is 2.65 bits per heavy atom. The molecule has 1 unspecified atom stereocenters. The molecule has 2 rings (SSSR count). The van der Waals surface area contributed by atoms with Crippen LogP contribution in [0.15, 0.2) is 12.1 Å². The minimum atomic E-state index is -0.461. The molecule has 0 aliphatic heterocycles. The number of benzene rings is 1. The largest absolute Gasteiger partial charge is 0.377 e. The SMILES string of the molecule is CC(Nc1cc(F)c(I)cc1[N+](=O)[O-])C1CCCCC1. The first-order valence-electron chi connectivity index (χ1n) is 6.89. The number of nitro benzene ring substituents is 1. The summed E-state index contributed by atoms with van der Waals surface area (Å²) in [5.41, 5.74) is 0.226. The van der Waals surface area contributed by atoms with Crippen LogP contribution in [-0.2, 0) is 0 Å². The van der Waals surface area contributed by atoms with Crippen LogP contribution in [0.25, 0.3) is 0 Å². The maximum Gasteiger partial charge on any atom is 0.293 e.